The topological polar surface area (TPSA) is 137 Å². The van der Waals surface area contributed by atoms with Gasteiger partial charge in [-0.15, -0.1) is 0 Å². The van der Waals surface area contributed by atoms with Crippen LogP contribution in [0.3, 0.4) is 0 Å². The Morgan fingerprint density at radius 3 is 2.39 bits per heavy atom. The summed E-state index contributed by atoms with van der Waals surface area (Å²) in [6, 6.07) is 3.28. The highest BCUT2D eigenvalue weighted by Gasteiger charge is 2.26. The molecule has 10 heteroatoms. The molecule has 0 atom stereocenters. The van der Waals surface area contributed by atoms with Crippen LogP contribution in [0.5, 0.6) is 5.75 Å². The minimum absolute atomic E-state index is 0.131. The average molecular weight is 432 g/mol. The quantitative estimate of drug-likeness (QED) is 0.700. The highest BCUT2D eigenvalue weighted by molar-refractivity contribution is 5.97. The van der Waals surface area contributed by atoms with E-state index < -0.39 is 0 Å². The summed E-state index contributed by atoms with van der Waals surface area (Å²) in [4.78, 5) is 41.2. The Balaban J connectivity index is 0.00000107. The summed E-state index contributed by atoms with van der Waals surface area (Å²) in [6.07, 6.45) is 2.67. The molecule has 2 aromatic heterocycles. The van der Waals surface area contributed by atoms with Crippen LogP contribution < -0.4 is 0 Å². The number of aromatic hydroxyl groups is 1. The summed E-state index contributed by atoms with van der Waals surface area (Å²) < 4.78 is 5.26. The van der Waals surface area contributed by atoms with Crippen molar-refractivity contribution in [1.29, 1.82) is 0 Å². The third-order valence-electron chi connectivity index (χ3n) is 4.71. The van der Waals surface area contributed by atoms with E-state index in [1.165, 1.54) is 6.20 Å². The van der Waals surface area contributed by atoms with Crippen molar-refractivity contribution in [2.24, 2.45) is 5.92 Å². The van der Waals surface area contributed by atoms with E-state index in [4.69, 9.17) is 14.4 Å². The average Bonchev–Trinajstić information content (AvgIpc) is 3.03. The van der Waals surface area contributed by atoms with Crippen molar-refractivity contribution < 1.29 is 29.1 Å². The fraction of sp³-hybridized carbons (Fsp3) is 0.476. The number of pyridine rings is 1. The lowest BCUT2D eigenvalue weighted by atomic mass is 10.1. The number of amides is 2. The van der Waals surface area contributed by atoms with Crippen LogP contribution in [0.1, 0.15) is 52.6 Å². The Bertz CT molecular complexity index is 911. The molecule has 1 aliphatic rings. The highest BCUT2D eigenvalue weighted by atomic mass is 16.5. The molecule has 2 aromatic rings. The van der Waals surface area contributed by atoms with E-state index in [0.717, 1.165) is 6.42 Å². The van der Waals surface area contributed by atoms with Gasteiger partial charge in [0.1, 0.15) is 11.5 Å². The lowest BCUT2D eigenvalue weighted by Gasteiger charge is -2.22. The first-order chi connectivity index (χ1) is 14.8. The Labute approximate surface area is 180 Å². The third-order valence-corrected chi connectivity index (χ3v) is 4.71. The molecule has 2 amide bonds. The summed E-state index contributed by atoms with van der Waals surface area (Å²) in [5.41, 5.74) is 1.20. The smallest absolute Gasteiger partial charge is 0.290 e. The van der Waals surface area contributed by atoms with Crippen LogP contribution in [0.2, 0.25) is 0 Å². The van der Waals surface area contributed by atoms with Gasteiger partial charge in [0, 0.05) is 44.4 Å². The minimum atomic E-state index is -0.252. The maximum atomic E-state index is 12.8. The number of carbonyl (C=O) groups is 3. The van der Waals surface area contributed by atoms with Gasteiger partial charge in [0.15, 0.2) is 5.69 Å². The summed E-state index contributed by atoms with van der Waals surface area (Å²) in [6.45, 7) is 7.52. The summed E-state index contributed by atoms with van der Waals surface area (Å²) in [7, 11) is 0. The molecule has 1 saturated heterocycles. The zero-order valence-electron chi connectivity index (χ0n) is 17.9. The number of nitrogens with zero attached hydrogens (tertiary/aromatic N) is 4. The van der Waals surface area contributed by atoms with E-state index >= 15 is 0 Å². The molecule has 2 N–H and O–H groups in total. The lowest BCUT2D eigenvalue weighted by molar-refractivity contribution is -0.122. The van der Waals surface area contributed by atoms with Gasteiger partial charge in [0.25, 0.3) is 18.3 Å². The molecule has 168 valence electrons. The second-order valence-corrected chi connectivity index (χ2v) is 7.66. The number of carboxylic acid groups (broad SMARTS) is 1. The predicted octanol–water partition coefficient (Wildman–Crippen LogP) is 1.97. The van der Waals surface area contributed by atoms with E-state index in [9.17, 15) is 14.7 Å². The second-order valence-electron chi connectivity index (χ2n) is 7.66. The molecule has 3 rings (SSSR count). The van der Waals surface area contributed by atoms with Crippen LogP contribution in [0, 0.1) is 12.8 Å². The molecule has 0 unspecified atom stereocenters. The molecule has 10 nitrogen and oxygen atoms in total. The van der Waals surface area contributed by atoms with Crippen LogP contribution in [0.15, 0.2) is 22.9 Å². The van der Waals surface area contributed by atoms with Gasteiger partial charge < -0.3 is 24.5 Å². The molecular formula is C21H28N4O6. The van der Waals surface area contributed by atoms with Gasteiger partial charge in [-0.2, -0.15) is 0 Å². The number of carbonyl (C=O) groups excluding carboxylic acids is 2. The molecule has 1 fully saturated rings. The van der Waals surface area contributed by atoms with Crippen molar-refractivity contribution in [3.05, 3.63) is 41.0 Å². The Morgan fingerprint density at radius 2 is 1.77 bits per heavy atom. The third kappa shape index (κ3) is 6.53. The van der Waals surface area contributed by atoms with Crippen molar-refractivity contribution in [3.63, 3.8) is 0 Å². The van der Waals surface area contributed by atoms with Crippen molar-refractivity contribution in [2.45, 2.75) is 33.6 Å². The number of hydrogen-bond acceptors (Lipinski definition) is 7. The molecule has 3 heterocycles. The van der Waals surface area contributed by atoms with Crippen LogP contribution in [0.4, 0.5) is 0 Å². The number of aryl methyl sites for hydroxylation is 1. The second kappa shape index (κ2) is 11.1. The van der Waals surface area contributed by atoms with Crippen LogP contribution in [0.25, 0.3) is 0 Å². The minimum Gasteiger partial charge on any atom is -0.505 e. The normalized spacial score (nSPS) is 13.9. The SMILES string of the molecule is Cc1cc(C(=O)N2CCCN(C(=O)c3cc(CC(C)C)on3)CC2)c(O)cn1.O=CO. The summed E-state index contributed by atoms with van der Waals surface area (Å²) in [5.74, 6) is 0.553. The van der Waals surface area contributed by atoms with Crippen molar-refractivity contribution in [3.8, 4) is 5.75 Å². The molecule has 31 heavy (non-hydrogen) atoms. The van der Waals surface area contributed by atoms with E-state index in [2.05, 4.69) is 24.0 Å². The van der Waals surface area contributed by atoms with Gasteiger partial charge >= 0.3 is 0 Å². The predicted molar refractivity (Wildman–Crippen MR) is 111 cm³/mol. The molecule has 0 radical (unpaired) electrons. The Kier molecular flexibility index (Phi) is 8.53. The Morgan fingerprint density at radius 1 is 1.16 bits per heavy atom. The highest BCUT2D eigenvalue weighted by Crippen LogP contribution is 2.20. The van der Waals surface area contributed by atoms with Crippen LogP contribution in [-0.4, -0.2) is 74.6 Å². The number of hydrogen-bond donors (Lipinski definition) is 2. The zero-order valence-corrected chi connectivity index (χ0v) is 17.9. The summed E-state index contributed by atoms with van der Waals surface area (Å²) in [5, 5.41) is 20.8. The van der Waals surface area contributed by atoms with Crippen molar-refractivity contribution in [2.75, 3.05) is 26.2 Å². The van der Waals surface area contributed by atoms with E-state index in [0.29, 0.717) is 55.7 Å². The largest absolute Gasteiger partial charge is 0.505 e. The molecule has 1 aliphatic heterocycles. The number of rotatable bonds is 4. The summed E-state index contributed by atoms with van der Waals surface area (Å²) >= 11 is 0. The van der Waals surface area contributed by atoms with Gasteiger partial charge in [-0.25, -0.2) is 0 Å². The van der Waals surface area contributed by atoms with E-state index in [1.807, 2.05) is 0 Å². The molecule has 0 spiro atoms. The first-order valence-corrected chi connectivity index (χ1v) is 10.0. The maximum Gasteiger partial charge on any atom is 0.290 e. The van der Waals surface area contributed by atoms with Crippen molar-refractivity contribution in [1.82, 2.24) is 19.9 Å². The van der Waals surface area contributed by atoms with E-state index in [-0.39, 0.29) is 29.6 Å². The maximum absolute atomic E-state index is 12.8. The fourth-order valence-electron chi connectivity index (χ4n) is 3.29. The van der Waals surface area contributed by atoms with Gasteiger partial charge in [-0.05, 0) is 25.3 Å². The first-order valence-electron chi connectivity index (χ1n) is 10.0. The molecule has 0 aliphatic carbocycles. The van der Waals surface area contributed by atoms with Gasteiger partial charge in [0.2, 0.25) is 0 Å². The monoisotopic (exact) mass is 432 g/mol. The Hall–Kier alpha value is -3.43. The number of aromatic nitrogens is 2. The first kappa shape index (κ1) is 23.8. The zero-order chi connectivity index (χ0) is 23.0. The molecule has 0 bridgehead atoms. The fourth-order valence-corrected chi connectivity index (χ4v) is 3.29. The molecule has 0 aromatic carbocycles. The lowest BCUT2D eigenvalue weighted by Crippen LogP contribution is -2.37. The van der Waals surface area contributed by atoms with Gasteiger partial charge in [-0.1, -0.05) is 19.0 Å². The van der Waals surface area contributed by atoms with Crippen LogP contribution >= 0.6 is 0 Å². The van der Waals surface area contributed by atoms with Gasteiger partial charge in [0.05, 0.1) is 11.8 Å². The van der Waals surface area contributed by atoms with Crippen molar-refractivity contribution >= 4 is 18.3 Å². The van der Waals surface area contributed by atoms with Gasteiger partial charge in [-0.3, -0.25) is 19.4 Å². The molecular weight excluding hydrogens is 404 g/mol. The van der Waals surface area contributed by atoms with E-state index in [1.54, 1.807) is 28.9 Å². The molecule has 0 saturated carbocycles. The van der Waals surface area contributed by atoms with Crippen LogP contribution in [-0.2, 0) is 11.2 Å². The standard InChI is InChI=1S/C20H26N4O4.CH2O2/c1-13(2)9-15-11-17(22-28-15)20(27)24-6-4-5-23(7-8-24)19(26)16-10-14(3)21-12-18(16)25;2-1-3/h10-13,25H,4-9H2,1-3H3;1H,(H,2,3).